The van der Waals surface area contributed by atoms with Crippen molar-refractivity contribution in [1.82, 2.24) is 4.98 Å². The Hall–Kier alpha value is -1.39. The molecule has 1 fully saturated rings. The van der Waals surface area contributed by atoms with Gasteiger partial charge in [0.25, 0.3) is 0 Å². The third-order valence-corrected chi connectivity index (χ3v) is 4.18. The van der Waals surface area contributed by atoms with Gasteiger partial charge >= 0.3 is 0 Å². The van der Waals surface area contributed by atoms with Crippen LogP contribution in [0.5, 0.6) is 0 Å². The maximum atomic E-state index is 11.7. The number of aromatic nitrogens is 1. The minimum Gasteiger partial charge on any atom is -0.285 e. The van der Waals surface area contributed by atoms with E-state index in [1.165, 1.54) is 11.3 Å². The summed E-state index contributed by atoms with van der Waals surface area (Å²) in [4.78, 5) is 18.1. The summed E-state index contributed by atoms with van der Waals surface area (Å²) in [6.07, 6.45) is 2.16. The summed E-state index contributed by atoms with van der Waals surface area (Å²) in [5.74, 6) is 0.0690. The molecule has 0 N–H and O–H groups in total. The van der Waals surface area contributed by atoms with Crippen molar-refractivity contribution >= 4 is 34.0 Å². The zero-order valence-corrected chi connectivity index (χ0v) is 12.0. The van der Waals surface area contributed by atoms with Gasteiger partial charge in [-0.25, -0.2) is 4.98 Å². The number of carbonyl (C=O) groups is 1. The lowest BCUT2D eigenvalue weighted by atomic mass is 10.2. The number of amides is 1. The van der Waals surface area contributed by atoms with Crippen molar-refractivity contribution in [2.45, 2.75) is 25.8 Å². The van der Waals surface area contributed by atoms with Crippen molar-refractivity contribution < 1.29 is 4.79 Å². The summed E-state index contributed by atoms with van der Waals surface area (Å²) in [5, 5.41) is 3.49. The molecule has 1 heterocycles. The fourth-order valence-electron chi connectivity index (χ4n) is 2.01. The second kappa shape index (κ2) is 4.94. The molecule has 0 aliphatic heterocycles. The van der Waals surface area contributed by atoms with E-state index in [-0.39, 0.29) is 5.91 Å². The smallest absolute Gasteiger partial charge is 0.225 e. The Labute approximate surface area is 120 Å². The largest absolute Gasteiger partial charge is 0.285 e. The lowest BCUT2D eigenvalue weighted by Crippen LogP contribution is -2.30. The molecular weight excluding hydrogens is 280 g/mol. The molecule has 1 aromatic heterocycles. The van der Waals surface area contributed by atoms with Gasteiger partial charge in [0.2, 0.25) is 5.91 Å². The molecule has 5 heteroatoms. The van der Waals surface area contributed by atoms with E-state index in [0.717, 1.165) is 29.2 Å². The molecule has 3 rings (SSSR count). The lowest BCUT2D eigenvalue weighted by molar-refractivity contribution is -0.116. The number of rotatable bonds is 3. The quantitative estimate of drug-likeness (QED) is 0.857. The molecule has 1 aliphatic carbocycles. The molecule has 19 heavy (non-hydrogen) atoms. The normalized spacial score (nSPS) is 14.4. The average Bonchev–Trinajstić information content (AvgIpc) is 3.08. The Morgan fingerprint density at radius 2 is 2.05 bits per heavy atom. The predicted octanol–water partition coefficient (Wildman–Crippen LogP) is 3.98. The molecule has 1 saturated carbocycles. The minimum absolute atomic E-state index is 0.0690. The number of nitrogens with zero attached hydrogens (tertiary/aromatic N) is 2. The fourth-order valence-corrected chi connectivity index (χ4v) is 3.08. The van der Waals surface area contributed by atoms with Gasteiger partial charge in [0.05, 0.1) is 5.69 Å². The van der Waals surface area contributed by atoms with Crippen LogP contribution in [0.25, 0.3) is 11.3 Å². The standard InChI is InChI=1S/C14H13ClN2OS/c1-9(18)17(12-6-7-12)14-16-13(8-19-14)10-2-4-11(15)5-3-10/h2-5,8,12H,6-7H2,1H3. The number of anilines is 1. The highest BCUT2D eigenvalue weighted by Crippen LogP contribution is 2.35. The van der Waals surface area contributed by atoms with E-state index in [2.05, 4.69) is 4.98 Å². The Kier molecular flexibility index (Phi) is 3.29. The van der Waals surface area contributed by atoms with E-state index in [0.29, 0.717) is 11.1 Å². The number of halogens is 1. The van der Waals surface area contributed by atoms with E-state index >= 15 is 0 Å². The lowest BCUT2D eigenvalue weighted by Gasteiger charge is -2.16. The highest BCUT2D eigenvalue weighted by Gasteiger charge is 2.33. The van der Waals surface area contributed by atoms with Gasteiger partial charge < -0.3 is 0 Å². The number of thiazole rings is 1. The fraction of sp³-hybridized carbons (Fsp3) is 0.286. The Morgan fingerprint density at radius 1 is 1.37 bits per heavy atom. The third-order valence-electron chi connectivity index (χ3n) is 3.09. The molecule has 2 aromatic rings. The van der Waals surface area contributed by atoms with Crippen molar-refractivity contribution in [2.24, 2.45) is 0 Å². The average molecular weight is 293 g/mol. The first-order valence-electron chi connectivity index (χ1n) is 6.16. The van der Waals surface area contributed by atoms with E-state index in [4.69, 9.17) is 11.6 Å². The number of carbonyl (C=O) groups excluding carboxylic acids is 1. The highest BCUT2D eigenvalue weighted by atomic mass is 35.5. The van der Waals surface area contributed by atoms with Crippen molar-refractivity contribution in [2.75, 3.05) is 4.90 Å². The van der Waals surface area contributed by atoms with E-state index in [9.17, 15) is 4.79 Å². The summed E-state index contributed by atoms with van der Waals surface area (Å²) in [6, 6.07) is 7.92. The van der Waals surface area contributed by atoms with Gasteiger partial charge in [-0.15, -0.1) is 11.3 Å². The molecule has 1 amide bonds. The second-order valence-corrected chi connectivity index (χ2v) is 5.92. The van der Waals surface area contributed by atoms with Gasteiger partial charge in [-0.3, -0.25) is 9.69 Å². The number of hydrogen-bond donors (Lipinski definition) is 0. The Morgan fingerprint density at radius 3 is 2.63 bits per heavy atom. The van der Waals surface area contributed by atoms with Crippen LogP contribution in [0.4, 0.5) is 5.13 Å². The third kappa shape index (κ3) is 2.65. The van der Waals surface area contributed by atoms with Crippen molar-refractivity contribution in [3.63, 3.8) is 0 Å². The summed E-state index contributed by atoms with van der Waals surface area (Å²) < 4.78 is 0. The van der Waals surface area contributed by atoms with Crippen LogP contribution in [0, 0.1) is 0 Å². The molecule has 98 valence electrons. The van der Waals surface area contributed by atoms with Crippen molar-refractivity contribution in [1.29, 1.82) is 0 Å². The van der Waals surface area contributed by atoms with Gasteiger partial charge in [-0.2, -0.15) is 0 Å². The summed E-state index contributed by atoms with van der Waals surface area (Å²) in [6.45, 7) is 1.60. The molecular formula is C14H13ClN2OS. The zero-order valence-electron chi connectivity index (χ0n) is 10.5. The maximum Gasteiger partial charge on any atom is 0.225 e. The zero-order chi connectivity index (χ0) is 13.4. The molecule has 1 aromatic carbocycles. The summed E-state index contributed by atoms with van der Waals surface area (Å²) in [7, 11) is 0. The Bertz CT molecular complexity index is 604. The monoisotopic (exact) mass is 292 g/mol. The molecule has 0 atom stereocenters. The van der Waals surface area contributed by atoms with Crippen LogP contribution in [0.1, 0.15) is 19.8 Å². The number of hydrogen-bond acceptors (Lipinski definition) is 3. The second-order valence-electron chi connectivity index (χ2n) is 4.64. The van der Waals surface area contributed by atoms with Crippen LogP contribution in [0.3, 0.4) is 0 Å². The summed E-state index contributed by atoms with van der Waals surface area (Å²) in [5.41, 5.74) is 1.91. The van der Waals surface area contributed by atoms with Gasteiger partial charge in [0, 0.05) is 28.9 Å². The molecule has 0 radical (unpaired) electrons. The van der Waals surface area contributed by atoms with Gasteiger partial charge in [-0.1, -0.05) is 23.7 Å². The molecule has 0 spiro atoms. The van der Waals surface area contributed by atoms with E-state index < -0.39 is 0 Å². The minimum atomic E-state index is 0.0690. The molecule has 0 unspecified atom stereocenters. The van der Waals surface area contributed by atoms with Crippen LogP contribution >= 0.6 is 22.9 Å². The Balaban J connectivity index is 1.90. The van der Waals surface area contributed by atoms with Crippen molar-refractivity contribution in [3.05, 3.63) is 34.7 Å². The SMILES string of the molecule is CC(=O)N(c1nc(-c2ccc(Cl)cc2)cs1)C1CC1. The topological polar surface area (TPSA) is 33.2 Å². The molecule has 1 aliphatic rings. The van der Waals surface area contributed by atoms with Crippen LogP contribution in [0.2, 0.25) is 5.02 Å². The number of benzene rings is 1. The highest BCUT2D eigenvalue weighted by molar-refractivity contribution is 7.14. The van der Waals surface area contributed by atoms with E-state index in [1.54, 1.807) is 6.92 Å². The molecule has 3 nitrogen and oxygen atoms in total. The van der Waals surface area contributed by atoms with Gasteiger partial charge in [0.1, 0.15) is 0 Å². The van der Waals surface area contributed by atoms with E-state index in [1.807, 2.05) is 34.5 Å². The van der Waals surface area contributed by atoms with Gasteiger partial charge in [-0.05, 0) is 25.0 Å². The van der Waals surface area contributed by atoms with Crippen molar-refractivity contribution in [3.8, 4) is 11.3 Å². The maximum absolute atomic E-state index is 11.7. The van der Waals surface area contributed by atoms with Crippen LogP contribution in [-0.4, -0.2) is 16.9 Å². The first-order chi connectivity index (χ1) is 9.15. The van der Waals surface area contributed by atoms with Crippen LogP contribution in [0.15, 0.2) is 29.6 Å². The first kappa shape index (κ1) is 12.6. The molecule has 0 saturated heterocycles. The summed E-state index contributed by atoms with van der Waals surface area (Å²) >= 11 is 7.39. The predicted molar refractivity (Wildman–Crippen MR) is 78.7 cm³/mol. The van der Waals surface area contributed by atoms with Crippen LogP contribution < -0.4 is 4.90 Å². The molecule has 0 bridgehead atoms. The van der Waals surface area contributed by atoms with Gasteiger partial charge in [0.15, 0.2) is 5.13 Å². The van der Waals surface area contributed by atoms with Crippen LogP contribution in [-0.2, 0) is 4.79 Å². The first-order valence-corrected chi connectivity index (χ1v) is 7.42.